The Bertz CT molecular complexity index is 828. The largest absolute Gasteiger partial charge is 0.478 e. The van der Waals surface area contributed by atoms with Crippen LogP contribution in [0, 0.1) is 0 Å². The van der Waals surface area contributed by atoms with E-state index in [9.17, 15) is 9.59 Å². The first kappa shape index (κ1) is 19.4. The summed E-state index contributed by atoms with van der Waals surface area (Å²) >= 11 is 6.44. The molecule has 142 valence electrons. The van der Waals surface area contributed by atoms with Crippen LogP contribution in [0.2, 0.25) is 5.02 Å². The minimum absolute atomic E-state index is 0.00112. The number of halogens is 1. The van der Waals surface area contributed by atoms with Crippen molar-refractivity contribution in [3.05, 3.63) is 70.2 Å². The summed E-state index contributed by atoms with van der Waals surface area (Å²) in [5.41, 5.74) is 1.24. The van der Waals surface area contributed by atoms with Gasteiger partial charge in [-0.05, 0) is 42.2 Å². The Kier molecular flexibility index (Phi) is 5.82. The van der Waals surface area contributed by atoms with Crippen LogP contribution in [0.1, 0.15) is 34.3 Å². The average Bonchev–Trinajstić information content (AvgIpc) is 2.68. The third kappa shape index (κ3) is 3.99. The summed E-state index contributed by atoms with van der Waals surface area (Å²) in [6, 6.07) is 14.1. The van der Waals surface area contributed by atoms with Crippen LogP contribution in [-0.4, -0.2) is 42.1 Å². The molecule has 3 rings (SSSR count). The van der Waals surface area contributed by atoms with E-state index in [2.05, 4.69) is 0 Å². The Morgan fingerprint density at radius 1 is 1.11 bits per heavy atom. The number of carbonyl (C=O) groups excluding carboxylic acids is 1. The van der Waals surface area contributed by atoms with E-state index in [1.807, 2.05) is 24.3 Å². The molecule has 0 bridgehead atoms. The number of likely N-dealkylation sites (N-methyl/N-ethyl adjacent to an activating group) is 1. The number of rotatable bonds is 5. The quantitative estimate of drug-likeness (QED) is 0.848. The molecule has 0 unspecified atom stereocenters. The van der Waals surface area contributed by atoms with Crippen molar-refractivity contribution in [2.75, 3.05) is 20.3 Å². The second-order valence-corrected chi connectivity index (χ2v) is 7.24. The van der Waals surface area contributed by atoms with Crippen molar-refractivity contribution in [2.24, 2.45) is 0 Å². The number of carboxylic acids is 1. The lowest BCUT2D eigenvalue weighted by atomic mass is 9.73. The highest BCUT2D eigenvalue weighted by atomic mass is 35.5. The molecule has 1 N–H and O–H groups in total. The summed E-state index contributed by atoms with van der Waals surface area (Å²) < 4.78 is 5.50. The zero-order valence-corrected chi connectivity index (χ0v) is 15.9. The molecular weight excluding hydrogens is 366 g/mol. The Morgan fingerprint density at radius 2 is 1.74 bits per heavy atom. The van der Waals surface area contributed by atoms with Gasteiger partial charge in [-0.2, -0.15) is 0 Å². The van der Waals surface area contributed by atoms with Crippen LogP contribution in [0.5, 0.6) is 0 Å². The van der Waals surface area contributed by atoms with Crippen LogP contribution < -0.4 is 0 Å². The van der Waals surface area contributed by atoms with Crippen LogP contribution in [0.15, 0.2) is 48.5 Å². The van der Waals surface area contributed by atoms with Gasteiger partial charge in [0.25, 0.3) is 0 Å². The van der Waals surface area contributed by atoms with Gasteiger partial charge < -0.3 is 14.7 Å². The van der Waals surface area contributed by atoms with E-state index in [0.29, 0.717) is 37.6 Å². The number of aromatic carboxylic acids is 1. The van der Waals surface area contributed by atoms with E-state index < -0.39 is 11.4 Å². The SMILES string of the molecule is CN(Cc1ccc(C(=O)O)cc1)C(=O)C1(c2ccccc2Cl)CCOCC1. The van der Waals surface area contributed by atoms with Crippen molar-refractivity contribution in [3.63, 3.8) is 0 Å². The Morgan fingerprint density at radius 3 is 2.33 bits per heavy atom. The topological polar surface area (TPSA) is 66.8 Å². The molecule has 1 fully saturated rings. The van der Waals surface area contributed by atoms with Gasteiger partial charge in [0.05, 0.1) is 11.0 Å². The van der Waals surface area contributed by atoms with E-state index in [1.54, 1.807) is 36.2 Å². The standard InChI is InChI=1S/C21H22ClNO4/c1-23(14-15-6-8-16(9-7-15)19(24)25)20(26)21(10-12-27-13-11-21)17-4-2-3-5-18(17)22/h2-9H,10-14H2,1H3,(H,24,25). The number of ether oxygens (including phenoxy) is 1. The lowest BCUT2D eigenvalue weighted by molar-refractivity contribution is -0.140. The first-order valence-corrected chi connectivity index (χ1v) is 9.22. The van der Waals surface area contributed by atoms with Gasteiger partial charge in [0.2, 0.25) is 5.91 Å². The number of amides is 1. The fraction of sp³-hybridized carbons (Fsp3) is 0.333. The maximum absolute atomic E-state index is 13.5. The molecule has 1 aliphatic heterocycles. The van der Waals surface area contributed by atoms with E-state index in [-0.39, 0.29) is 11.5 Å². The maximum atomic E-state index is 13.5. The predicted molar refractivity (Wildman–Crippen MR) is 103 cm³/mol. The van der Waals surface area contributed by atoms with Crippen molar-refractivity contribution < 1.29 is 19.4 Å². The van der Waals surface area contributed by atoms with E-state index in [4.69, 9.17) is 21.4 Å². The van der Waals surface area contributed by atoms with E-state index >= 15 is 0 Å². The van der Waals surface area contributed by atoms with Crippen LogP contribution >= 0.6 is 11.6 Å². The lowest BCUT2D eigenvalue weighted by Crippen LogP contribution is -2.48. The molecule has 1 saturated heterocycles. The molecule has 2 aromatic rings. The normalized spacial score (nSPS) is 15.9. The molecule has 1 amide bonds. The minimum atomic E-state index is -0.967. The Hall–Kier alpha value is -2.37. The predicted octanol–water partition coefficient (Wildman–Crippen LogP) is 3.75. The minimum Gasteiger partial charge on any atom is -0.478 e. The highest BCUT2D eigenvalue weighted by Gasteiger charge is 2.44. The first-order chi connectivity index (χ1) is 12.9. The third-order valence-electron chi connectivity index (χ3n) is 5.11. The second kappa shape index (κ2) is 8.11. The van der Waals surface area contributed by atoms with Gasteiger partial charge in [-0.25, -0.2) is 4.79 Å². The first-order valence-electron chi connectivity index (χ1n) is 8.84. The van der Waals surface area contributed by atoms with Crippen molar-refractivity contribution in [1.29, 1.82) is 0 Å². The smallest absolute Gasteiger partial charge is 0.335 e. The molecular formula is C21H22ClNO4. The van der Waals surface area contributed by atoms with Crippen LogP contribution in [0.3, 0.4) is 0 Å². The molecule has 0 radical (unpaired) electrons. The van der Waals surface area contributed by atoms with Crippen LogP contribution in [-0.2, 0) is 21.5 Å². The molecule has 0 aliphatic carbocycles. The second-order valence-electron chi connectivity index (χ2n) is 6.84. The van der Waals surface area contributed by atoms with E-state index in [0.717, 1.165) is 11.1 Å². The number of hydrogen-bond donors (Lipinski definition) is 1. The summed E-state index contributed by atoms with van der Waals surface area (Å²) in [6.07, 6.45) is 1.16. The fourth-order valence-electron chi connectivity index (χ4n) is 3.63. The molecule has 1 heterocycles. The summed E-state index contributed by atoms with van der Waals surface area (Å²) in [7, 11) is 1.77. The summed E-state index contributed by atoms with van der Waals surface area (Å²) in [5, 5.41) is 9.60. The van der Waals surface area contributed by atoms with Gasteiger partial charge in [0.15, 0.2) is 0 Å². The van der Waals surface area contributed by atoms with Crippen LogP contribution in [0.4, 0.5) is 0 Å². The van der Waals surface area contributed by atoms with Gasteiger partial charge >= 0.3 is 5.97 Å². The molecule has 2 aromatic carbocycles. The molecule has 0 spiro atoms. The Labute approximate surface area is 163 Å². The number of carbonyl (C=O) groups is 2. The van der Waals surface area contributed by atoms with Gasteiger partial charge in [0, 0.05) is 31.8 Å². The molecule has 27 heavy (non-hydrogen) atoms. The summed E-state index contributed by atoms with van der Waals surface area (Å²) in [4.78, 5) is 26.1. The highest BCUT2D eigenvalue weighted by molar-refractivity contribution is 6.31. The van der Waals surface area contributed by atoms with Crippen LogP contribution in [0.25, 0.3) is 0 Å². The number of carboxylic acid groups (broad SMARTS) is 1. The van der Waals surface area contributed by atoms with Gasteiger partial charge in [-0.1, -0.05) is 41.9 Å². The monoisotopic (exact) mass is 387 g/mol. The molecule has 5 nitrogen and oxygen atoms in total. The molecule has 0 atom stereocenters. The molecule has 6 heteroatoms. The number of benzene rings is 2. The van der Waals surface area contributed by atoms with Gasteiger partial charge in [0.1, 0.15) is 0 Å². The molecule has 0 aromatic heterocycles. The number of nitrogens with zero attached hydrogens (tertiary/aromatic N) is 1. The zero-order chi connectivity index (χ0) is 19.4. The van der Waals surface area contributed by atoms with Crippen molar-refractivity contribution in [2.45, 2.75) is 24.8 Å². The third-order valence-corrected chi connectivity index (χ3v) is 5.44. The molecule has 1 aliphatic rings. The van der Waals surface area contributed by atoms with Gasteiger partial charge in [-0.15, -0.1) is 0 Å². The van der Waals surface area contributed by atoms with E-state index in [1.165, 1.54) is 0 Å². The van der Waals surface area contributed by atoms with Crippen molar-refractivity contribution in [1.82, 2.24) is 4.90 Å². The zero-order valence-electron chi connectivity index (χ0n) is 15.2. The lowest BCUT2D eigenvalue weighted by Gasteiger charge is -2.39. The van der Waals surface area contributed by atoms with Crippen molar-refractivity contribution in [3.8, 4) is 0 Å². The number of hydrogen-bond acceptors (Lipinski definition) is 3. The van der Waals surface area contributed by atoms with Crippen molar-refractivity contribution >= 4 is 23.5 Å². The summed E-state index contributed by atoms with van der Waals surface area (Å²) in [5.74, 6) is -0.966. The summed E-state index contributed by atoms with van der Waals surface area (Å²) in [6.45, 7) is 1.42. The maximum Gasteiger partial charge on any atom is 0.335 e. The highest BCUT2D eigenvalue weighted by Crippen LogP contribution is 2.40. The van der Waals surface area contributed by atoms with Gasteiger partial charge in [-0.3, -0.25) is 4.79 Å². The average molecular weight is 388 g/mol. The molecule has 0 saturated carbocycles. The fourth-order valence-corrected chi connectivity index (χ4v) is 3.95. The Balaban J connectivity index is 1.85.